The van der Waals surface area contributed by atoms with Gasteiger partial charge < -0.3 is 5.11 Å². The summed E-state index contributed by atoms with van der Waals surface area (Å²) in [5.41, 5.74) is 1.36. The zero-order chi connectivity index (χ0) is 8.55. The van der Waals surface area contributed by atoms with Crippen LogP contribution in [0.1, 0.15) is 25.7 Å². The lowest BCUT2D eigenvalue weighted by Crippen LogP contribution is -1.97. The second-order valence-electron chi connectivity index (χ2n) is 3.87. The van der Waals surface area contributed by atoms with Crippen molar-refractivity contribution in [1.29, 1.82) is 0 Å². The number of carbonyl (C=O) groups excluding carboxylic acids is 1. The average molecular weight is 166 g/mol. The SMILES string of the molecule is O=C1CC2C=C(CCO)CC2C1. The fraction of sp³-hybridized carbons (Fsp3) is 0.700. The fourth-order valence-electron chi connectivity index (χ4n) is 2.41. The molecule has 0 spiro atoms. The first-order chi connectivity index (χ1) is 5.79. The number of allylic oxidation sites excluding steroid dienone is 1. The van der Waals surface area contributed by atoms with Crippen LogP contribution in [0.3, 0.4) is 0 Å². The van der Waals surface area contributed by atoms with E-state index in [4.69, 9.17) is 5.11 Å². The fourth-order valence-corrected chi connectivity index (χ4v) is 2.41. The quantitative estimate of drug-likeness (QED) is 0.628. The summed E-state index contributed by atoms with van der Waals surface area (Å²) in [6.45, 7) is 0.249. The van der Waals surface area contributed by atoms with Crippen LogP contribution in [0.4, 0.5) is 0 Å². The van der Waals surface area contributed by atoms with Gasteiger partial charge in [-0.05, 0) is 24.7 Å². The van der Waals surface area contributed by atoms with Gasteiger partial charge in [0.25, 0.3) is 0 Å². The van der Waals surface area contributed by atoms with Crippen LogP contribution in [0.25, 0.3) is 0 Å². The molecule has 2 heteroatoms. The zero-order valence-electron chi connectivity index (χ0n) is 7.12. The van der Waals surface area contributed by atoms with Gasteiger partial charge in [-0.25, -0.2) is 0 Å². The summed E-state index contributed by atoms with van der Waals surface area (Å²) >= 11 is 0. The maximum absolute atomic E-state index is 11.0. The molecule has 2 atom stereocenters. The van der Waals surface area contributed by atoms with Crippen LogP contribution < -0.4 is 0 Å². The van der Waals surface area contributed by atoms with Crippen molar-refractivity contribution in [2.24, 2.45) is 11.8 Å². The molecule has 2 nitrogen and oxygen atoms in total. The van der Waals surface area contributed by atoms with Gasteiger partial charge in [-0.3, -0.25) is 4.79 Å². The molecule has 2 aliphatic rings. The number of ketones is 1. The molecule has 0 amide bonds. The lowest BCUT2D eigenvalue weighted by Gasteiger charge is -2.04. The Labute approximate surface area is 72.3 Å². The van der Waals surface area contributed by atoms with E-state index in [0.717, 1.165) is 25.7 Å². The van der Waals surface area contributed by atoms with Crippen LogP contribution in [0.2, 0.25) is 0 Å². The van der Waals surface area contributed by atoms with Crippen LogP contribution in [-0.2, 0) is 4.79 Å². The molecule has 1 saturated carbocycles. The van der Waals surface area contributed by atoms with Crippen molar-refractivity contribution in [2.45, 2.75) is 25.7 Å². The molecule has 0 heterocycles. The molecule has 0 aromatic rings. The maximum Gasteiger partial charge on any atom is 0.133 e. The highest BCUT2D eigenvalue weighted by atomic mass is 16.3. The molecule has 0 radical (unpaired) electrons. The average Bonchev–Trinajstić information content (AvgIpc) is 2.44. The van der Waals surface area contributed by atoms with Crippen molar-refractivity contribution < 1.29 is 9.90 Å². The minimum atomic E-state index is 0.249. The first-order valence-corrected chi connectivity index (χ1v) is 4.61. The number of hydrogen-bond acceptors (Lipinski definition) is 2. The minimum Gasteiger partial charge on any atom is -0.396 e. The van der Waals surface area contributed by atoms with Gasteiger partial charge in [0.2, 0.25) is 0 Å². The minimum absolute atomic E-state index is 0.249. The van der Waals surface area contributed by atoms with E-state index in [1.54, 1.807) is 0 Å². The lowest BCUT2D eigenvalue weighted by molar-refractivity contribution is -0.117. The van der Waals surface area contributed by atoms with Gasteiger partial charge in [0.05, 0.1) is 0 Å². The molecule has 0 aromatic heterocycles. The maximum atomic E-state index is 11.0. The van der Waals surface area contributed by atoms with E-state index in [1.165, 1.54) is 5.57 Å². The van der Waals surface area contributed by atoms with Crippen molar-refractivity contribution in [3.8, 4) is 0 Å². The van der Waals surface area contributed by atoms with Gasteiger partial charge >= 0.3 is 0 Å². The van der Waals surface area contributed by atoms with Gasteiger partial charge in [-0.1, -0.05) is 11.6 Å². The number of aliphatic hydroxyl groups is 1. The Bertz CT molecular complexity index is 230. The molecular formula is C10H14O2. The Morgan fingerprint density at radius 1 is 1.42 bits per heavy atom. The second-order valence-corrected chi connectivity index (χ2v) is 3.87. The van der Waals surface area contributed by atoms with E-state index in [1.807, 2.05) is 0 Å². The third-order valence-corrected chi connectivity index (χ3v) is 2.97. The lowest BCUT2D eigenvalue weighted by atomic mass is 9.99. The monoisotopic (exact) mass is 166 g/mol. The molecule has 1 fully saturated rings. The topological polar surface area (TPSA) is 37.3 Å². The third-order valence-electron chi connectivity index (χ3n) is 2.97. The molecule has 0 aromatic carbocycles. The summed E-state index contributed by atoms with van der Waals surface area (Å²) in [4.78, 5) is 11.0. The van der Waals surface area contributed by atoms with Crippen LogP contribution >= 0.6 is 0 Å². The Morgan fingerprint density at radius 3 is 2.92 bits per heavy atom. The van der Waals surface area contributed by atoms with Gasteiger partial charge in [0.15, 0.2) is 0 Å². The Hall–Kier alpha value is -0.630. The van der Waals surface area contributed by atoms with Gasteiger partial charge in [-0.15, -0.1) is 0 Å². The highest BCUT2D eigenvalue weighted by Gasteiger charge is 2.35. The van der Waals surface area contributed by atoms with E-state index in [9.17, 15) is 4.79 Å². The Balaban J connectivity index is 2.00. The predicted molar refractivity (Wildman–Crippen MR) is 45.6 cm³/mol. The molecule has 2 aliphatic carbocycles. The normalized spacial score (nSPS) is 33.8. The van der Waals surface area contributed by atoms with E-state index in [2.05, 4.69) is 6.08 Å². The zero-order valence-corrected chi connectivity index (χ0v) is 7.12. The van der Waals surface area contributed by atoms with Crippen LogP contribution in [0.15, 0.2) is 11.6 Å². The Kier molecular flexibility index (Phi) is 2.01. The largest absolute Gasteiger partial charge is 0.396 e. The molecule has 66 valence electrons. The van der Waals surface area contributed by atoms with Crippen molar-refractivity contribution in [1.82, 2.24) is 0 Å². The first-order valence-electron chi connectivity index (χ1n) is 4.61. The highest BCUT2D eigenvalue weighted by molar-refractivity contribution is 5.82. The van der Waals surface area contributed by atoms with E-state index in [-0.39, 0.29) is 6.61 Å². The summed E-state index contributed by atoms with van der Waals surface area (Å²) in [5.74, 6) is 1.52. The van der Waals surface area contributed by atoms with Crippen LogP contribution in [0.5, 0.6) is 0 Å². The molecule has 12 heavy (non-hydrogen) atoms. The van der Waals surface area contributed by atoms with E-state index >= 15 is 0 Å². The second kappa shape index (κ2) is 3.02. The number of rotatable bonds is 2. The number of fused-ring (bicyclic) bond motifs is 1. The number of hydrogen-bond donors (Lipinski definition) is 1. The smallest absolute Gasteiger partial charge is 0.133 e. The summed E-state index contributed by atoms with van der Waals surface area (Å²) in [5, 5.41) is 8.73. The van der Waals surface area contributed by atoms with Crippen LogP contribution in [-0.4, -0.2) is 17.5 Å². The predicted octanol–water partition coefficient (Wildman–Crippen LogP) is 1.29. The van der Waals surface area contributed by atoms with Crippen LogP contribution in [0, 0.1) is 11.8 Å². The number of aliphatic hydroxyl groups excluding tert-OH is 1. The molecule has 0 saturated heterocycles. The summed E-state index contributed by atoms with van der Waals surface area (Å²) in [7, 11) is 0. The highest BCUT2D eigenvalue weighted by Crippen LogP contribution is 2.41. The summed E-state index contributed by atoms with van der Waals surface area (Å²) < 4.78 is 0. The summed E-state index contributed by atoms with van der Waals surface area (Å²) in [6, 6.07) is 0. The van der Waals surface area contributed by atoms with Crippen molar-refractivity contribution in [3.05, 3.63) is 11.6 Å². The van der Waals surface area contributed by atoms with E-state index in [0.29, 0.717) is 17.6 Å². The number of Topliss-reactive ketones (excluding diaryl/α,β-unsaturated/α-hetero) is 1. The van der Waals surface area contributed by atoms with Crippen molar-refractivity contribution >= 4 is 5.78 Å². The Morgan fingerprint density at radius 2 is 2.25 bits per heavy atom. The first kappa shape index (κ1) is 7.99. The van der Waals surface area contributed by atoms with Gasteiger partial charge in [-0.2, -0.15) is 0 Å². The molecule has 1 N–H and O–H groups in total. The number of carbonyl (C=O) groups is 1. The molecule has 2 unspecified atom stereocenters. The van der Waals surface area contributed by atoms with Crippen molar-refractivity contribution in [3.63, 3.8) is 0 Å². The van der Waals surface area contributed by atoms with Gasteiger partial charge in [0, 0.05) is 19.4 Å². The van der Waals surface area contributed by atoms with E-state index < -0.39 is 0 Å². The van der Waals surface area contributed by atoms with Crippen molar-refractivity contribution in [2.75, 3.05) is 6.61 Å². The molecule has 0 aliphatic heterocycles. The summed E-state index contributed by atoms with van der Waals surface area (Å²) in [6.07, 6.45) is 5.60. The molecule has 2 rings (SSSR count). The standard InChI is InChI=1S/C10H14O2/c11-2-1-7-3-8-5-10(12)6-9(8)4-7/h3,8-9,11H,1-2,4-6H2. The third kappa shape index (κ3) is 1.31. The van der Waals surface area contributed by atoms with Gasteiger partial charge in [0.1, 0.15) is 5.78 Å². The molecular weight excluding hydrogens is 152 g/mol. The molecule has 0 bridgehead atoms.